The van der Waals surface area contributed by atoms with Gasteiger partial charge in [0.1, 0.15) is 0 Å². The van der Waals surface area contributed by atoms with Crippen LogP contribution in [-0.2, 0) is 4.74 Å². The molecule has 0 aromatic rings. The van der Waals surface area contributed by atoms with Gasteiger partial charge in [-0.15, -0.1) is 0 Å². The van der Waals surface area contributed by atoms with Crippen molar-refractivity contribution in [2.75, 3.05) is 20.1 Å². The molecule has 0 radical (unpaired) electrons. The molecule has 1 aliphatic rings. The quantitative estimate of drug-likeness (QED) is 0.705. The zero-order valence-electron chi connectivity index (χ0n) is 9.25. The molecule has 0 amide bonds. The summed E-state index contributed by atoms with van der Waals surface area (Å²) in [5, 5.41) is 3.86. The summed E-state index contributed by atoms with van der Waals surface area (Å²) in [5.74, 6) is 0. The van der Waals surface area contributed by atoms with Crippen LogP contribution in [0, 0.1) is 0 Å². The van der Waals surface area contributed by atoms with E-state index in [0.29, 0.717) is 12.2 Å². The molecule has 0 saturated carbocycles. The number of nitrogens with one attached hydrogen (secondary N) is 1. The van der Waals surface area contributed by atoms with Crippen LogP contribution in [0.2, 0.25) is 0 Å². The van der Waals surface area contributed by atoms with Crippen molar-refractivity contribution in [3.05, 3.63) is 0 Å². The largest absolute Gasteiger partial charge is 0.371 e. The Hall–Kier alpha value is -0.350. The Labute approximate surface area is 91.8 Å². The van der Waals surface area contributed by atoms with Gasteiger partial charge in [0, 0.05) is 20.1 Å². The number of nitrogens with zero attached hydrogens (tertiary/aromatic N) is 1. The summed E-state index contributed by atoms with van der Waals surface area (Å²) in [4.78, 5) is 2.21. The van der Waals surface area contributed by atoms with Crippen LogP contribution in [0.15, 0.2) is 0 Å². The average Bonchev–Trinajstić information content (AvgIpc) is 2.27. The summed E-state index contributed by atoms with van der Waals surface area (Å²) in [6.45, 7) is 6.16. The van der Waals surface area contributed by atoms with Crippen LogP contribution in [0.4, 0.5) is 0 Å². The van der Waals surface area contributed by atoms with Crippen molar-refractivity contribution in [3.63, 3.8) is 0 Å². The second-order valence-electron chi connectivity index (χ2n) is 3.66. The fourth-order valence-electron chi connectivity index (χ4n) is 1.70. The summed E-state index contributed by atoms with van der Waals surface area (Å²) in [7, 11) is 1.87. The molecular formula is C10H20N2OS. The van der Waals surface area contributed by atoms with Crippen LogP contribution in [0.3, 0.4) is 0 Å². The van der Waals surface area contributed by atoms with Crippen molar-refractivity contribution in [1.29, 1.82) is 0 Å². The predicted octanol–water partition coefficient (Wildman–Crippen LogP) is 1.38. The molecule has 4 heteroatoms. The van der Waals surface area contributed by atoms with Crippen molar-refractivity contribution in [2.24, 2.45) is 0 Å². The molecule has 0 spiro atoms. The normalized spacial score (nSPS) is 27.5. The van der Waals surface area contributed by atoms with Crippen molar-refractivity contribution in [3.8, 4) is 0 Å². The Kier molecular flexibility index (Phi) is 4.62. The molecule has 0 aromatic carbocycles. The Morgan fingerprint density at radius 1 is 1.36 bits per heavy atom. The van der Waals surface area contributed by atoms with Gasteiger partial charge in [-0.1, -0.05) is 13.8 Å². The lowest BCUT2D eigenvalue weighted by atomic mass is 10.1. The van der Waals surface area contributed by atoms with Gasteiger partial charge in [0.2, 0.25) is 0 Å². The third-order valence-electron chi connectivity index (χ3n) is 2.64. The predicted molar refractivity (Wildman–Crippen MR) is 62.5 cm³/mol. The highest BCUT2D eigenvalue weighted by Gasteiger charge is 2.26. The lowest BCUT2D eigenvalue weighted by Gasteiger charge is -2.38. The van der Waals surface area contributed by atoms with Crippen LogP contribution >= 0.6 is 12.2 Å². The molecule has 3 nitrogen and oxygen atoms in total. The van der Waals surface area contributed by atoms with Crippen LogP contribution in [0.5, 0.6) is 0 Å². The minimum Gasteiger partial charge on any atom is -0.371 e. The lowest BCUT2D eigenvalue weighted by molar-refractivity contribution is -0.0687. The molecular weight excluding hydrogens is 196 g/mol. The van der Waals surface area contributed by atoms with Gasteiger partial charge in [0.15, 0.2) is 5.11 Å². The topological polar surface area (TPSA) is 24.5 Å². The van der Waals surface area contributed by atoms with Crippen LogP contribution in [-0.4, -0.2) is 42.4 Å². The zero-order chi connectivity index (χ0) is 10.6. The molecule has 2 unspecified atom stereocenters. The number of thiocarbonyl (C=S) groups is 1. The molecule has 2 atom stereocenters. The molecule has 0 aliphatic carbocycles. The summed E-state index contributed by atoms with van der Waals surface area (Å²) in [5.41, 5.74) is 0. The summed E-state index contributed by atoms with van der Waals surface area (Å²) >= 11 is 5.24. The van der Waals surface area contributed by atoms with E-state index in [-0.39, 0.29) is 0 Å². The second kappa shape index (κ2) is 5.51. The standard InChI is InChI=1S/C10H20N2OS/c1-4-8-6-12(10(14)11-3)7-9(5-2)13-8/h8-9H,4-7H2,1-3H3,(H,11,14). The maximum atomic E-state index is 5.88. The summed E-state index contributed by atoms with van der Waals surface area (Å²) < 4.78 is 5.88. The van der Waals surface area contributed by atoms with Crippen molar-refractivity contribution in [2.45, 2.75) is 38.9 Å². The van der Waals surface area contributed by atoms with E-state index in [9.17, 15) is 0 Å². The third-order valence-corrected chi connectivity index (χ3v) is 3.11. The van der Waals surface area contributed by atoms with E-state index in [2.05, 4.69) is 24.1 Å². The van der Waals surface area contributed by atoms with Crippen molar-refractivity contribution < 1.29 is 4.74 Å². The van der Waals surface area contributed by atoms with E-state index in [4.69, 9.17) is 17.0 Å². The van der Waals surface area contributed by atoms with E-state index >= 15 is 0 Å². The lowest BCUT2D eigenvalue weighted by Crippen LogP contribution is -2.52. The highest BCUT2D eigenvalue weighted by atomic mass is 32.1. The van der Waals surface area contributed by atoms with Crippen molar-refractivity contribution in [1.82, 2.24) is 10.2 Å². The highest BCUT2D eigenvalue weighted by Crippen LogP contribution is 2.15. The van der Waals surface area contributed by atoms with Crippen LogP contribution in [0.25, 0.3) is 0 Å². The van der Waals surface area contributed by atoms with Gasteiger partial charge in [-0.05, 0) is 25.1 Å². The van der Waals surface area contributed by atoms with Gasteiger partial charge in [-0.25, -0.2) is 0 Å². The maximum Gasteiger partial charge on any atom is 0.168 e. The van der Waals surface area contributed by atoms with Crippen LogP contribution in [0.1, 0.15) is 26.7 Å². The number of hydrogen-bond donors (Lipinski definition) is 1. The molecule has 82 valence electrons. The van der Waals surface area contributed by atoms with E-state index in [1.807, 2.05) is 7.05 Å². The molecule has 1 heterocycles. The van der Waals surface area contributed by atoms with Gasteiger partial charge < -0.3 is 15.0 Å². The summed E-state index contributed by atoms with van der Waals surface area (Å²) in [6, 6.07) is 0. The molecule has 1 N–H and O–H groups in total. The molecule has 14 heavy (non-hydrogen) atoms. The molecule has 1 saturated heterocycles. The Morgan fingerprint density at radius 2 is 1.86 bits per heavy atom. The first kappa shape index (κ1) is 11.7. The molecule has 1 fully saturated rings. The first-order valence-electron chi connectivity index (χ1n) is 5.33. The maximum absolute atomic E-state index is 5.88. The van der Waals surface area contributed by atoms with Gasteiger partial charge in [0.05, 0.1) is 12.2 Å². The van der Waals surface area contributed by atoms with Gasteiger partial charge in [-0.2, -0.15) is 0 Å². The average molecular weight is 216 g/mol. The van der Waals surface area contributed by atoms with E-state index < -0.39 is 0 Å². The highest BCUT2D eigenvalue weighted by molar-refractivity contribution is 7.80. The molecule has 1 aliphatic heterocycles. The van der Waals surface area contributed by atoms with Gasteiger partial charge in [-0.3, -0.25) is 0 Å². The number of rotatable bonds is 2. The fraction of sp³-hybridized carbons (Fsp3) is 0.900. The Bertz CT molecular complexity index is 187. The Balaban J connectivity index is 2.55. The number of hydrogen-bond acceptors (Lipinski definition) is 2. The fourth-order valence-corrected chi connectivity index (χ4v) is 1.85. The second-order valence-corrected chi connectivity index (χ2v) is 4.04. The Morgan fingerprint density at radius 3 is 2.21 bits per heavy atom. The minimum atomic E-state index is 0.333. The molecule has 0 aromatic heterocycles. The zero-order valence-corrected chi connectivity index (χ0v) is 10.1. The molecule has 1 rings (SSSR count). The van der Waals surface area contributed by atoms with E-state index in [1.54, 1.807) is 0 Å². The van der Waals surface area contributed by atoms with Crippen molar-refractivity contribution >= 4 is 17.3 Å². The number of morpholine rings is 1. The minimum absolute atomic E-state index is 0.333. The summed E-state index contributed by atoms with van der Waals surface area (Å²) in [6.07, 6.45) is 2.78. The third kappa shape index (κ3) is 2.82. The first-order chi connectivity index (χ1) is 6.71. The van der Waals surface area contributed by atoms with E-state index in [0.717, 1.165) is 31.0 Å². The monoisotopic (exact) mass is 216 g/mol. The smallest absolute Gasteiger partial charge is 0.168 e. The number of ether oxygens (including phenoxy) is 1. The van der Waals surface area contributed by atoms with Gasteiger partial charge >= 0.3 is 0 Å². The SMILES string of the molecule is CCC1CN(C(=S)NC)CC(CC)O1. The molecule has 0 bridgehead atoms. The van der Waals surface area contributed by atoms with E-state index in [1.165, 1.54) is 0 Å². The van der Waals surface area contributed by atoms with Crippen LogP contribution < -0.4 is 5.32 Å². The first-order valence-corrected chi connectivity index (χ1v) is 5.74. The van der Waals surface area contributed by atoms with Gasteiger partial charge in [0.25, 0.3) is 0 Å².